The van der Waals surface area contributed by atoms with Crippen LogP contribution in [0.4, 0.5) is 5.69 Å². The van der Waals surface area contributed by atoms with E-state index in [1.165, 1.54) is 11.8 Å². The molecule has 2 N–H and O–H groups in total. The number of benzene rings is 1. The molecule has 1 amide bonds. The maximum absolute atomic E-state index is 12.1. The lowest BCUT2D eigenvalue weighted by Crippen LogP contribution is -2.22. The number of nitrogens with zero attached hydrogens (tertiary/aromatic N) is 2. The smallest absolute Gasteiger partial charge is 0.237 e. The highest BCUT2D eigenvalue weighted by molar-refractivity contribution is 8.00. The number of hydrogen-bond acceptors (Lipinski definition) is 4. The Hall–Kier alpha value is -1.24. The number of halogens is 2. The minimum Gasteiger partial charge on any atom is -0.325 e. The van der Waals surface area contributed by atoms with E-state index in [1.54, 1.807) is 25.1 Å². The monoisotopic (exact) mass is 344 g/mol. The lowest BCUT2D eigenvalue weighted by Gasteiger charge is -2.10. The summed E-state index contributed by atoms with van der Waals surface area (Å²) in [5.41, 5.74) is 0.564. The zero-order valence-corrected chi connectivity index (χ0v) is 13.8. The Balaban J connectivity index is 1.98. The molecule has 0 radical (unpaired) electrons. The van der Waals surface area contributed by atoms with Gasteiger partial charge in [0.05, 0.1) is 5.25 Å². The second-order valence-corrected chi connectivity index (χ2v) is 6.51. The normalized spacial score (nSPS) is 12.2. The Labute approximate surface area is 136 Å². The van der Waals surface area contributed by atoms with Crippen LogP contribution in [0.5, 0.6) is 0 Å². The second kappa shape index (κ2) is 7.15. The van der Waals surface area contributed by atoms with Crippen LogP contribution in [0.2, 0.25) is 10.0 Å². The molecular weight excluding hydrogens is 331 g/mol. The third-order valence-corrected chi connectivity index (χ3v) is 4.03. The zero-order chi connectivity index (χ0) is 15.4. The molecule has 112 valence electrons. The predicted octanol–water partition coefficient (Wildman–Crippen LogP) is 3.79. The lowest BCUT2D eigenvalue weighted by molar-refractivity contribution is -0.115. The van der Waals surface area contributed by atoms with Crippen LogP contribution in [-0.4, -0.2) is 26.3 Å². The summed E-state index contributed by atoms with van der Waals surface area (Å²) in [5, 5.41) is 10.8. The summed E-state index contributed by atoms with van der Waals surface area (Å²) in [6.45, 7) is 3.77. The standard InChI is InChI=1S/C13H14Cl2N4OS/c1-3-11-17-13(19-18-11)21-7(2)12(20)16-10-5-8(14)4-9(15)6-10/h4-7H,3H2,1-2H3,(H,16,20)(H,17,18,19)/t7-/m0/s1. The first-order valence-corrected chi connectivity index (χ1v) is 7.96. The Morgan fingerprint density at radius 2 is 2.05 bits per heavy atom. The molecule has 2 aromatic rings. The van der Waals surface area contributed by atoms with Crippen molar-refractivity contribution in [2.45, 2.75) is 30.7 Å². The number of aromatic nitrogens is 3. The van der Waals surface area contributed by atoms with Crippen LogP contribution in [0.1, 0.15) is 19.7 Å². The molecule has 0 aliphatic carbocycles. The Kier molecular flexibility index (Phi) is 5.50. The molecule has 1 heterocycles. The van der Waals surface area contributed by atoms with E-state index in [2.05, 4.69) is 20.5 Å². The number of aromatic amines is 1. The van der Waals surface area contributed by atoms with E-state index < -0.39 is 0 Å². The Morgan fingerprint density at radius 1 is 1.38 bits per heavy atom. The summed E-state index contributed by atoms with van der Waals surface area (Å²) in [5.74, 6) is 0.632. The highest BCUT2D eigenvalue weighted by atomic mass is 35.5. The van der Waals surface area contributed by atoms with Gasteiger partial charge in [0, 0.05) is 22.2 Å². The summed E-state index contributed by atoms with van der Waals surface area (Å²) in [4.78, 5) is 16.4. The van der Waals surface area contributed by atoms with Gasteiger partial charge < -0.3 is 5.32 Å². The van der Waals surface area contributed by atoms with Gasteiger partial charge in [-0.15, -0.1) is 5.10 Å². The molecule has 1 aromatic heterocycles. The van der Waals surface area contributed by atoms with Gasteiger partial charge in [0.15, 0.2) is 0 Å². The summed E-state index contributed by atoms with van der Waals surface area (Å²) in [6, 6.07) is 4.90. The molecule has 0 fully saturated rings. The third-order valence-electron chi connectivity index (χ3n) is 2.63. The van der Waals surface area contributed by atoms with Crippen LogP contribution in [-0.2, 0) is 11.2 Å². The first-order chi connectivity index (χ1) is 9.97. The maximum Gasteiger partial charge on any atom is 0.237 e. The molecular formula is C13H14Cl2N4OS. The van der Waals surface area contributed by atoms with Gasteiger partial charge in [-0.25, -0.2) is 4.98 Å². The third kappa shape index (κ3) is 4.62. The van der Waals surface area contributed by atoms with Crippen LogP contribution in [0.3, 0.4) is 0 Å². The fourth-order valence-electron chi connectivity index (χ4n) is 1.57. The molecule has 0 aliphatic rings. The van der Waals surface area contributed by atoms with E-state index >= 15 is 0 Å². The lowest BCUT2D eigenvalue weighted by atomic mass is 10.3. The van der Waals surface area contributed by atoms with Crippen molar-refractivity contribution >= 4 is 46.6 Å². The minimum atomic E-state index is -0.344. The first-order valence-electron chi connectivity index (χ1n) is 6.33. The molecule has 0 saturated heterocycles. The molecule has 0 spiro atoms. The number of aryl methyl sites for hydroxylation is 1. The fourth-order valence-corrected chi connectivity index (χ4v) is 2.84. The van der Waals surface area contributed by atoms with Gasteiger partial charge in [0.2, 0.25) is 11.1 Å². The van der Waals surface area contributed by atoms with E-state index in [4.69, 9.17) is 23.2 Å². The first kappa shape index (κ1) is 16.1. The van der Waals surface area contributed by atoms with Crippen molar-refractivity contribution in [2.24, 2.45) is 0 Å². The molecule has 2 rings (SSSR count). The molecule has 0 saturated carbocycles. The van der Waals surface area contributed by atoms with Crippen LogP contribution < -0.4 is 5.32 Å². The van der Waals surface area contributed by atoms with Crippen molar-refractivity contribution in [2.75, 3.05) is 5.32 Å². The van der Waals surface area contributed by atoms with Crippen molar-refractivity contribution < 1.29 is 4.79 Å². The van der Waals surface area contributed by atoms with Gasteiger partial charge in [-0.05, 0) is 25.1 Å². The Bertz CT molecular complexity index is 627. The average molecular weight is 345 g/mol. The van der Waals surface area contributed by atoms with Crippen molar-refractivity contribution in [3.8, 4) is 0 Å². The highest BCUT2D eigenvalue weighted by Crippen LogP contribution is 2.24. The highest BCUT2D eigenvalue weighted by Gasteiger charge is 2.17. The van der Waals surface area contributed by atoms with Gasteiger partial charge in [-0.3, -0.25) is 9.89 Å². The minimum absolute atomic E-state index is 0.166. The number of hydrogen-bond donors (Lipinski definition) is 2. The van der Waals surface area contributed by atoms with Crippen LogP contribution in [0, 0.1) is 0 Å². The van der Waals surface area contributed by atoms with Crippen LogP contribution >= 0.6 is 35.0 Å². The number of H-pyrrole nitrogens is 1. The van der Waals surface area contributed by atoms with Gasteiger partial charge in [0.1, 0.15) is 5.82 Å². The molecule has 1 atom stereocenters. The van der Waals surface area contributed by atoms with Crippen LogP contribution in [0.15, 0.2) is 23.4 Å². The van der Waals surface area contributed by atoms with E-state index in [9.17, 15) is 4.79 Å². The largest absolute Gasteiger partial charge is 0.325 e. The van der Waals surface area contributed by atoms with Gasteiger partial charge in [0.25, 0.3) is 0 Å². The van der Waals surface area contributed by atoms with Gasteiger partial charge in [-0.2, -0.15) is 0 Å². The summed E-state index contributed by atoms with van der Waals surface area (Å²) < 4.78 is 0. The number of carbonyl (C=O) groups excluding carboxylic acids is 1. The summed E-state index contributed by atoms with van der Waals surface area (Å²) in [6.07, 6.45) is 0.773. The van der Waals surface area contributed by atoms with Gasteiger partial charge >= 0.3 is 0 Å². The van der Waals surface area contributed by atoms with Crippen molar-refractivity contribution in [3.05, 3.63) is 34.1 Å². The molecule has 5 nitrogen and oxygen atoms in total. The summed E-state index contributed by atoms with van der Waals surface area (Å²) in [7, 11) is 0. The SMILES string of the molecule is CCc1nc(S[C@@H](C)C(=O)Nc2cc(Cl)cc(Cl)c2)n[nH]1. The average Bonchev–Trinajstić information content (AvgIpc) is 2.85. The number of thioether (sulfide) groups is 1. The molecule has 8 heteroatoms. The van der Waals surface area contributed by atoms with Crippen molar-refractivity contribution in [1.82, 2.24) is 15.2 Å². The quantitative estimate of drug-likeness (QED) is 0.809. The van der Waals surface area contributed by atoms with E-state index in [0.717, 1.165) is 12.2 Å². The number of rotatable bonds is 5. The zero-order valence-electron chi connectivity index (χ0n) is 11.5. The number of amides is 1. The molecule has 21 heavy (non-hydrogen) atoms. The van der Waals surface area contributed by atoms with E-state index in [-0.39, 0.29) is 11.2 Å². The van der Waals surface area contributed by atoms with Crippen molar-refractivity contribution in [3.63, 3.8) is 0 Å². The topological polar surface area (TPSA) is 70.7 Å². The maximum atomic E-state index is 12.1. The summed E-state index contributed by atoms with van der Waals surface area (Å²) >= 11 is 13.1. The molecule has 0 bridgehead atoms. The predicted molar refractivity (Wildman–Crippen MR) is 86.2 cm³/mol. The number of anilines is 1. The number of nitrogens with one attached hydrogen (secondary N) is 2. The fraction of sp³-hybridized carbons (Fsp3) is 0.308. The number of carbonyl (C=O) groups is 1. The van der Waals surface area contributed by atoms with Crippen molar-refractivity contribution in [1.29, 1.82) is 0 Å². The molecule has 0 unspecified atom stereocenters. The van der Waals surface area contributed by atoms with E-state index in [0.29, 0.717) is 20.9 Å². The van der Waals surface area contributed by atoms with E-state index in [1.807, 2.05) is 6.92 Å². The Morgan fingerprint density at radius 3 is 2.62 bits per heavy atom. The second-order valence-electron chi connectivity index (χ2n) is 4.33. The van der Waals surface area contributed by atoms with Crippen LogP contribution in [0.25, 0.3) is 0 Å². The molecule has 0 aliphatic heterocycles. The van der Waals surface area contributed by atoms with Gasteiger partial charge in [-0.1, -0.05) is 41.9 Å². The molecule has 1 aromatic carbocycles.